The Balaban J connectivity index is 1.80. The SMILES string of the molecule is Cc1cccn2cc(COc3cccc(N)c3)nc12. The van der Waals surface area contributed by atoms with Gasteiger partial charge in [0.05, 0.1) is 5.69 Å². The lowest BCUT2D eigenvalue weighted by Gasteiger charge is -2.04. The van der Waals surface area contributed by atoms with Gasteiger partial charge in [0.2, 0.25) is 0 Å². The number of pyridine rings is 1. The highest BCUT2D eigenvalue weighted by atomic mass is 16.5. The maximum absolute atomic E-state index is 5.71. The smallest absolute Gasteiger partial charge is 0.140 e. The first-order valence-electron chi connectivity index (χ1n) is 6.14. The summed E-state index contributed by atoms with van der Waals surface area (Å²) in [7, 11) is 0. The van der Waals surface area contributed by atoms with Crippen LogP contribution in [0.25, 0.3) is 5.65 Å². The molecule has 0 amide bonds. The molecule has 0 radical (unpaired) electrons. The Morgan fingerprint density at radius 1 is 1.26 bits per heavy atom. The molecule has 1 aromatic carbocycles. The van der Waals surface area contributed by atoms with E-state index in [0.29, 0.717) is 12.3 Å². The third-order valence-corrected chi connectivity index (χ3v) is 2.97. The van der Waals surface area contributed by atoms with Crippen LogP contribution in [0.4, 0.5) is 5.69 Å². The first-order valence-corrected chi connectivity index (χ1v) is 6.14. The largest absolute Gasteiger partial charge is 0.487 e. The minimum atomic E-state index is 0.435. The van der Waals surface area contributed by atoms with Crippen molar-refractivity contribution >= 4 is 11.3 Å². The van der Waals surface area contributed by atoms with E-state index in [1.165, 1.54) is 0 Å². The van der Waals surface area contributed by atoms with E-state index in [9.17, 15) is 0 Å². The van der Waals surface area contributed by atoms with Gasteiger partial charge in [0.25, 0.3) is 0 Å². The zero-order valence-electron chi connectivity index (χ0n) is 10.7. The molecule has 2 heterocycles. The molecular weight excluding hydrogens is 238 g/mol. The standard InChI is InChI=1S/C15H15N3O/c1-11-4-3-7-18-9-13(17-15(11)18)10-19-14-6-2-5-12(16)8-14/h2-9H,10,16H2,1H3. The van der Waals surface area contributed by atoms with Gasteiger partial charge >= 0.3 is 0 Å². The lowest BCUT2D eigenvalue weighted by molar-refractivity contribution is 0.302. The van der Waals surface area contributed by atoms with Crippen molar-refractivity contribution in [2.24, 2.45) is 0 Å². The molecule has 0 unspecified atom stereocenters. The molecule has 19 heavy (non-hydrogen) atoms. The quantitative estimate of drug-likeness (QED) is 0.730. The van der Waals surface area contributed by atoms with E-state index in [0.717, 1.165) is 22.7 Å². The Labute approximate surface area is 111 Å². The maximum Gasteiger partial charge on any atom is 0.140 e. The molecule has 96 valence electrons. The Morgan fingerprint density at radius 2 is 2.16 bits per heavy atom. The van der Waals surface area contributed by atoms with Crippen LogP contribution in [0, 0.1) is 6.92 Å². The molecule has 2 N–H and O–H groups in total. The third kappa shape index (κ3) is 2.38. The van der Waals surface area contributed by atoms with Crippen LogP contribution in [0.3, 0.4) is 0 Å². The second-order valence-corrected chi connectivity index (χ2v) is 4.52. The number of imidazole rings is 1. The van der Waals surface area contributed by atoms with Crippen molar-refractivity contribution in [3.63, 3.8) is 0 Å². The number of hydrogen-bond donors (Lipinski definition) is 1. The van der Waals surface area contributed by atoms with E-state index in [1.54, 1.807) is 6.07 Å². The molecule has 3 aromatic rings. The van der Waals surface area contributed by atoms with Crippen molar-refractivity contribution in [1.82, 2.24) is 9.38 Å². The summed E-state index contributed by atoms with van der Waals surface area (Å²) in [4.78, 5) is 4.56. The Hall–Kier alpha value is -2.49. The van der Waals surface area contributed by atoms with Gasteiger partial charge in [0.1, 0.15) is 18.0 Å². The second-order valence-electron chi connectivity index (χ2n) is 4.52. The molecule has 0 aliphatic heterocycles. The Kier molecular flexibility index (Phi) is 2.83. The van der Waals surface area contributed by atoms with Gasteiger partial charge < -0.3 is 14.9 Å². The van der Waals surface area contributed by atoms with Crippen molar-refractivity contribution in [2.45, 2.75) is 13.5 Å². The number of anilines is 1. The highest BCUT2D eigenvalue weighted by Gasteiger charge is 2.04. The average Bonchev–Trinajstić information content (AvgIpc) is 2.81. The first-order chi connectivity index (χ1) is 9.22. The van der Waals surface area contributed by atoms with Crippen LogP contribution in [-0.4, -0.2) is 9.38 Å². The number of hydrogen-bond acceptors (Lipinski definition) is 3. The number of nitrogens with two attached hydrogens (primary N) is 1. The molecule has 0 atom stereocenters. The van der Waals surface area contributed by atoms with Gasteiger partial charge in [-0.05, 0) is 30.7 Å². The van der Waals surface area contributed by atoms with Crippen LogP contribution >= 0.6 is 0 Å². The molecule has 0 bridgehead atoms. The van der Waals surface area contributed by atoms with Crippen LogP contribution in [0.1, 0.15) is 11.3 Å². The minimum Gasteiger partial charge on any atom is -0.487 e. The molecule has 4 heteroatoms. The predicted octanol–water partition coefficient (Wildman–Crippen LogP) is 2.80. The predicted molar refractivity (Wildman–Crippen MR) is 75.1 cm³/mol. The van der Waals surface area contributed by atoms with Crippen LogP contribution in [0.2, 0.25) is 0 Å². The fourth-order valence-corrected chi connectivity index (χ4v) is 2.04. The molecule has 0 spiro atoms. The molecule has 0 fully saturated rings. The van der Waals surface area contributed by atoms with Crippen molar-refractivity contribution in [1.29, 1.82) is 0 Å². The van der Waals surface area contributed by atoms with Gasteiger partial charge in [-0.25, -0.2) is 4.98 Å². The summed E-state index contributed by atoms with van der Waals surface area (Å²) in [6, 6.07) is 11.5. The van der Waals surface area contributed by atoms with Crippen LogP contribution in [-0.2, 0) is 6.61 Å². The Bertz CT molecular complexity index is 718. The van der Waals surface area contributed by atoms with Gasteiger partial charge in [0, 0.05) is 24.1 Å². The maximum atomic E-state index is 5.71. The van der Waals surface area contributed by atoms with Crippen LogP contribution < -0.4 is 10.5 Å². The summed E-state index contributed by atoms with van der Waals surface area (Å²) in [5.41, 5.74) is 9.42. The number of aromatic nitrogens is 2. The number of ether oxygens (including phenoxy) is 1. The van der Waals surface area contributed by atoms with Gasteiger partial charge in [-0.2, -0.15) is 0 Å². The molecular formula is C15H15N3O. The lowest BCUT2D eigenvalue weighted by Crippen LogP contribution is -1.96. The molecule has 4 nitrogen and oxygen atoms in total. The van der Waals surface area contributed by atoms with Gasteiger partial charge in [-0.1, -0.05) is 12.1 Å². The van der Waals surface area contributed by atoms with Crippen molar-refractivity contribution < 1.29 is 4.74 Å². The highest BCUT2D eigenvalue weighted by molar-refractivity contribution is 5.48. The van der Waals surface area contributed by atoms with Crippen molar-refractivity contribution in [2.75, 3.05) is 5.73 Å². The summed E-state index contributed by atoms with van der Waals surface area (Å²) >= 11 is 0. The molecule has 3 rings (SSSR count). The zero-order chi connectivity index (χ0) is 13.2. The van der Waals surface area contributed by atoms with E-state index in [4.69, 9.17) is 10.5 Å². The molecule has 0 aliphatic carbocycles. The normalized spacial score (nSPS) is 10.8. The van der Waals surface area contributed by atoms with Gasteiger partial charge in [-0.3, -0.25) is 0 Å². The van der Waals surface area contributed by atoms with Gasteiger partial charge in [0.15, 0.2) is 0 Å². The Morgan fingerprint density at radius 3 is 2.95 bits per heavy atom. The minimum absolute atomic E-state index is 0.435. The monoisotopic (exact) mass is 253 g/mol. The summed E-state index contributed by atoms with van der Waals surface area (Å²) in [6.45, 7) is 2.48. The fraction of sp³-hybridized carbons (Fsp3) is 0.133. The third-order valence-electron chi connectivity index (χ3n) is 2.97. The average molecular weight is 253 g/mol. The number of nitrogen functional groups attached to an aromatic ring is 1. The fourth-order valence-electron chi connectivity index (χ4n) is 2.04. The molecule has 0 saturated carbocycles. The van der Waals surface area contributed by atoms with Crippen molar-refractivity contribution in [3.8, 4) is 5.75 Å². The summed E-state index contributed by atoms with van der Waals surface area (Å²) in [5, 5.41) is 0. The molecule has 0 saturated heterocycles. The number of benzene rings is 1. The second kappa shape index (κ2) is 4.65. The summed E-state index contributed by atoms with van der Waals surface area (Å²) < 4.78 is 7.69. The first kappa shape index (κ1) is 11.6. The highest BCUT2D eigenvalue weighted by Crippen LogP contribution is 2.16. The van der Waals surface area contributed by atoms with Crippen LogP contribution in [0.15, 0.2) is 48.8 Å². The van der Waals surface area contributed by atoms with Gasteiger partial charge in [-0.15, -0.1) is 0 Å². The number of rotatable bonds is 3. The van der Waals surface area contributed by atoms with E-state index in [2.05, 4.69) is 4.98 Å². The number of nitrogens with zero attached hydrogens (tertiary/aromatic N) is 2. The van der Waals surface area contributed by atoms with E-state index >= 15 is 0 Å². The molecule has 2 aromatic heterocycles. The van der Waals surface area contributed by atoms with E-state index in [-0.39, 0.29) is 0 Å². The van der Waals surface area contributed by atoms with Crippen LogP contribution in [0.5, 0.6) is 5.75 Å². The number of aryl methyl sites for hydroxylation is 1. The number of fused-ring (bicyclic) bond motifs is 1. The van der Waals surface area contributed by atoms with E-state index < -0.39 is 0 Å². The van der Waals surface area contributed by atoms with Crippen molar-refractivity contribution in [3.05, 3.63) is 60.0 Å². The molecule has 0 aliphatic rings. The lowest BCUT2D eigenvalue weighted by atomic mass is 10.3. The van der Waals surface area contributed by atoms with E-state index in [1.807, 2.05) is 54.0 Å². The summed E-state index contributed by atoms with van der Waals surface area (Å²) in [5.74, 6) is 0.758. The zero-order valence-corrected chi connectivity index (χ0v) is 10.7. The topological polar surface area (TPSA) is 52.5 Å². The summed E-state index contributed by atoms with van der Waals surface area (Å²) in [6.07, 6.45) is 3.97.